The van der Waals surface area contributed by atoms with E-state index in [0.717, 1.165) is 26.2 Å². The number of nitrogens with zero attached hydrogens (tertiary/aromatic N) is 2. The second-order valence-electron chi connectivity index (χ2n) is 5.85. The van der Waals surface area contributed by atoms with Crippen LogP contribution in [0.5, 0.6) is 5.75 Å². The van der Waals surface area contributed by atoms with E-state index >= 15 is 0 Å². The van der Waals surface area contributed by atoms with Crippen molar-refractivity contribution in [3.63, 3.8) is 0 Å². The summed E-state index contributed by atoms with van der Waals surface area (Å²) in [7, 11) is 0. The minimum absolute atomic E-state index is 0.0394. The molecule has 0 bridgehead atoms. The van der Waals surface area contributed by atoms with E-state index in [9.17, 15) is 4.79 Å². The lowest BCUT2D eigenvalue weighted by atomic mass is 10.2. The van der Waals surface area contributed by atoms with E-state index < -0.39 is 0 Å². The lowest BCUT2D eigenvalue weighted by Crippen LogP contribution is -2.52. The van der Waals surface area contributed by atoms with Gasteiger partial charge in [-0.05, 0) is 30.3 Å². The molecule has 1 N–H and O–H groups in total. The molecule has 3 rings (SSSR count). The molecule has 1 aliphatic rings. The van der Waals surface area contributed by atoms with Crippen molar-refractivity contribution in [1.29, 1.82) is 0 Å². The highest BCUT2D eigenvalue weighted by atomic mass is 35.5. The predicted molar refractivity (Wildman–Crippen MR) is 101 cm³/mol. The average molecular weight is 360 g/mol. The van der Waals surface area contributed by atoms with Gasteiger partial charge in [-0.25, -0.2) is 4.79 Å². The van der Waals surface area contributed by atoms with Crippen LogP contribution in [-0.2, 0) is 0 Å². The van der Waals surface area contributed by atoms with Crippen LogP contribution < -0.4 is 15.0 Å². The first kappa shape index (κ1) is 17.4. The molecular weight excluding hydrogens is 338 g/mol. The Morgan fingerprint density at radius 2 is 1.80 bits per heavy atom. The van der Waals surface area contributed by atoms with Gasteiger partial charge in [0.05, 0.1) is 6.54 Å². The molecule has 0 spiro atoms. The van der Waals surface area contributed by atoms with Crippen LogP contribution >= 0.6 is 11.6 Å². The third kappa shape index (κ3) is 5.03. The molecule has 0 atom stereocenters. The quantitative estimate of drug-likeness (QED) is 0.833. The monoisotopic (exact) mass is 359 g/mol. The zero-order valence-electron chi connectivity index (χ0n) is 14.0. The molecule has 0 radical (unpaired) electrons. The second kappa shape index (κ2) is 8.62. The molecule has 132 valence electrons. The van der Waals surface area contributed by atoms with Crippen molar-refractivity contribution in [1.82, 2.24) is 10.2 Å². The Morgan fingerprint density at radius 1 is 1.04 bits per heavy atom. The number of urea groups is 1. The predicted octanol–water partition coefficient (Wildman–Crippen LogP) is 3.25. The van der Waals surface area contributed by atoms with Crippen molar-refractivity contribution in [2.24, 2.45) is 0 Å². The van der Waals surface area contributed by atoms with E-state index in [0.29, 0.717) is 23.9 Å². The van der Waals surface area contributed by atoms with E-state index in [1.165, 1.54) is 5.69 Å². The highest BCUT2D eigenvalue weighted by molar-refractivity contribution is 6.30. The van der Waals surface area contributed by atoms with Crippen LogP contribution in [-0.4, -0.2) is 50.3 Å². The molecule has 5 nitrogen and oxygen atoms in total. The first-order valence-electron chi connectivity index (χ1n) is 8.43. The Bertz CT molecular complexity index is 688. The van der Waals surface area contributed by atoms with Crippen molar-refractivity contribution in [3.05, 3.63) is 59.6 Å². The van der Waals surface area contributed by atoms with Gasteiger partial charge in [-0.3, -0.25) is 0 Å². The summed E-state index contributed by atoms with van der Waals surface area (Å²) < 4.78 is 5.57. The van der Waals surface area contributed by atoms with Gasteiger partial charge in [0.1, 0.15) is 12.4 Å². The summed E-state index contributed by atoms with van der Waals surface area (Å²) in [4.78, 5) is 16.4. The number of ether oxygens (including phenoxy) is 1. The maximum absolute atomic E-state index is 12.2. The number of rotatable bonds is 5. The molecule has 2 aromatic rings. The maximum atomic E-state index is 12.2. The number of carbonyl (C=O) groups is 1. The third-order valence-electron chi connectivity index (χ3n) is 4.13. The molecule has 0 saturated carbocycles. The number of piperazine rings is 1. The number of hydrogen-bond donors (Lipinski definition) is 1. The minimum Gasteiger partial charge on any atom is -0.492 e. The van der Waals surface area contributed by atoms with Crippen LogP contribution in [0.3, 0.4) is 0 Å². The molecule has 1 aliphatic heterocycles. The highest BCUT2D eigenvalue weighted by Gasteiger charge is 2.20. The summed E-state index contributed by atoms with van der Waals surface area (Å²) in [5.74, 6) is 0.707. The van der Waals surface area contributed by atoms with Crippen molar-refractivity contribution >= 4 is 23.3 Å². The van der Waals surface area contributed by atoms with Crippen LogP contribution in [0.25, 0.3) is 0 Å². The molecule has 1 fully saturated rings. The number of nitrogens with one attached hydrogen (secondary N) is 1. The van der Waals surface area contributed by atoms with E-state index in [-0.39, 0.29) is 6.03 Å². The zero-order valence-corrected chi connectivity index (χ0v) is 14.8. The van der Waals surface area contributed by atoms with Gasteiger partial charge in [0, 0.05) is 36.9 Å². The number of halogens is 1. The molecule has 0 aliphatic carbocycles. The summed E-state index contributed by atoms with van der Waals surface area (Å²) >= 11 is 5.91. The molecule has 0 aromatic heterocycles. The average Bonchev–Trinajstić information content (AvgIpc) is 2.66. The van der Waals surface area contributed by atoms with Crippen LogP contribution in [0.2, 0.25) is 5.02 Å². The van der Waals surface area contributed by atoms with Gasteiger partial charge in [-0.1, -0.05) is 35.9 Å². The van der Waals surface area contributed by atoms with Crippen LogP contribution in [0.4, 0.5) is 10.5 Å². The lowest BCUT2D eigenvalue weighted by molar-refractivity contribution is 0.191. The van der Waals surface area contributed by atoms with Gasteiger partial charge in [0.2, 0.25) is 0 Å². The number of hydrogen-bond acceptors (Lipinski definition) is 3. The first-order chi connectivity index (χ1) is 12.2. The van der Waals surface area contributed by atoms with E-state index in [1.807, 2.05) is 35.2 Å². The molecule has 0 unspecified atom stereocenters. The minimum atomic E-state index is -0.0394. The van der Waals surface area contributed by atoms with E-state index in [2.05, 4.69) is 22.3 Å². The fraction of sp³-hybridized carbons (Fsp3) is 0.316. The number of benzene rings is 2. The number of anilines is 1. The van der Waals surface area contributed by atoms with Crippen molar-refractivity contribution in [2.45, 2.75) is 0 Å². The van der Waals surface area contributed by atoms with Gasteiger partial charge >= 0.3 is 6.03 Å². The first-order valence-corrected chi connectivity index (χ1v) is 8.81. The van der Waals surface area contributed by atoms with Crippen molar-refractivity contribution < 1.29 is 9.53 Å². The Hall–Kier alpha value is -2.40. The van der Waals surface area contributed by atoms with E-state index in [1.54, 1.807) is 12.1 Å². The normalized spacial score (nSPS) is 14.3. The standard InChI is InChI=1S/C19H22ClN3O2/c20-16-5-4-8-18(15-16)25-14-9-21-19(24)23-12-10-22(11-13-23)17-6-2-1-3-7-17/h1-8,15H,9-14H2,(H,21,24). The summed E-state index contributed by atoms with van der Waals surface area (Å²) in [5, 5.41) is 3.54. The fourth-order valence-electron chi connectivity index (χ4n) is 2.80. The van der Waals surface area contributed by atoms with Crippen LogP contribution in [0, 0.1) is 0 Å². The number of para-hydroxylation sites is 1. The maximum Gasteiger partial charge on any atom is 0.317 e. The van der Waals surface area contributed by atoms with Gasteiger partial charge in [0.25, 0.3) is 0 Å². The Morgan fingerprint density at radius 3 is 2.52 bits per heavy atom. The van der Waals surface area contributed by atoms with E-state index in [4.69, 9.17) is 16.3 Å². The Balaban J connectivity index is 1.37. The van der Waals surface area contributed by atoms with Gasteiger partial charge in [-0.15, -0.1) is 0 Å². The topological polar surface area (TPSA) is 44.8 Å². The number of amides is 2. The van der Waals surface area contributed by atoms with Crippen molar-refractivity contribution in [2.75, 3.05) is 44.2 Å². The summed E-state index contributed by atoms with van der Waals surface area (Å²) in [5.41, 5.74) is 1.21. The zero-order chi connectivity index (χ0) is 17.5. The molecule has 25 heavy (non-hydrogen) atoms. The largest absolute Gasteiger partial charge is 0.492 e. The SMILES string of the molecule is O=C(NCCOc1cccc(Cl)c1)N1CCN(c2ccccc2)CC1. The van der Waals surface area contributed by atoms with Gasteiger partial charge < -0.3 is 19.9 Å². The second-order valence-corrected chi connectivity index (χ2v) is 6.28. The van der Waals surface area contributed by atoms with Crippen molar-refractivity contribution in [3.8, 4) is 5.75 Å². The third-order valence-corrected chi connectivity index (χ3v) is 4.37. The highest BCUT2D eigenvalue weighted by Crippen LogP contribution is 2.17. The molecule has 2 amide bonds. The Kier molecular flexibility index (Phi) is 6.01. The summed E-state index contributed by atoms with van der Waals surface area (Å²) in [6.07, 6.45) is 0. The number of carbonyl (C=O) groups excluding carboxylic acids is 1. The summed E-state index contributed by atoms with van der Waals surface area (Å²) in [6, 6.07) is 17.5. The lowest BCUT2D eigenvalue weighted by Gasteiger charge is -2.36. The molecular formula is C19H22ClN3O2. The molecule has 2 aromatic carbocycles. The van der Waals surface area contributed by atoms with Crippen LogP contribution in [0.15, 0.2) is 54.6 Å². The molecule has 6 heteroatoms. The van der Waals surface area contributed by atoms with Gasteiger partial charge in [-0.2, -0.15) is 0 Å². The fourth-order valence-corrected chi connectivity index (χ4v) is 2.98. The van der Waals surface area contributed by atoms with Gasteiger partial charge in [0.15, 0.2) is 0 Å². The van der Waals surface area contributed by atoms with Crippen LogP contribution in [0.1, 0.15) is 0 Å². The molecule has 1 saturated heterocycles. The Labute approximate surface area is 153 Å². The summed E-state index contributed by atoms with van der Waals surface area (Å²) in [6.45, 7) is 4.00. The smallest absolute Gasteiger partial charge is 0.317 e. The molecule has 1 heterocycles.